The molecule has 0 radical (unpaired) electrons. The first kappa shape index (κ1) is 17.6. The predicted octanol–water partition coefficient (Wildman–Crippen LogP) is 1.67. The summed E-state index contributed by atoms with van der Waals surface area (Å²) in [4.78, 5) is 14.4. The van der Waals surface area contributed by atoms with E-state index < -0.39 is 0 Å². The van der Waals surface area contributed by atoms with E-state index in [0.29, 0.717) is 23.8 Å². The van der Waals surface area contributed by atoms with Crippen molar-refractivity contribution in [1.82, 2.24) is 10.2 Å². The van der Waals surface area contributed by atoms with Gasteiger partial charge in [-0.1, -0.05) is 19.9 Å². The van der Waals surface area contributed by atoms with E-state index in [2.05, 4.69) is 10.2 Å². The van der Waals surface area contributed by atoms with E-state index >= 15 is 0 Å². The number of nitrogens with one attached hydrogen (secondary N) is 1. The molecular formula is C17H26N2O4. The lowest BCUT2D eigenvalue weighted by atomic mass is 10.1. The Hall–Kier alpha value is -1.79. The van der Waals surface area contributed by atoms with Crippen molar-refractivity contribution in [2.45, 2.75) is 20.4 Å². The second-order valence-electron chi connectivity index (χ2n) is 5.89. The summed E-state index contributed by atoms with van der Waals surface area (Å²) in [5.41, 5.74) is 0.929. The zero-order chi connectivity index (χ0) is 16.8. The molecule has 1 aromatic rings. The standard InChI is InChI=1S/C17H26N2O4/c1-12(2)17(20)23-15-13(11-19-9-7-18-8-10-19)5-6-14(21-3)16(15)22-4/h5-6,12,18H,7-11H2,1-4H3. The van der Waals surface area contributed by atoms with Gasteiger partial charge in [0.25, 0.3) is 0 Å². The molecule has 1 aromatic carbocycles. The number of rotatable bonds is 6. The number of esters is 1. The van der Waals surface area contributed by atoms with Crippen molar-refractivity contribution in [1.29, 1.82) is 0 Å². The Kier molecular flexibility index (Phi) is 6.24. The lowest BCUT2D eigenvalue weighted by Gasteiger charge is -2.28. The van der Waals surface area contributed by atoms with Crippen LogP contribution in [0.1, 0.15) is 19.4 Å². The number of benzene rings is 1. The fourth-order valence-electron chi connectivity index (χ4n) is 2.50. The molecule has 1 aliphatic rings. The van der Waals surface area contributed by atoms with Crippen molar-refractivity contribution in [3.63, 3.8) is 0 Å². The molecule has 6 nitrogen and oxygen atoms in total. The maximum absolute atomic E-state index is 12.1. The van der Waals surface area contributed by atoms with Crippen LogP contribution in [-0.4, -0.2) is 51.3 Å². The Balaban J connectivity index is 2.32. The van der Waals surface area contributed by atoms with Gasteiger partial charge >= 0.3 is 5.97 Å². The van der Waals surface area contributed by atoms with E-state index in [1.807, 2.05) is 26.0 Å². The van der Waals surface area contributed by atoms with E-state index in [1.165, 1.54) is 0 Å². The van der Waals surface area contributed by atoms with Gasteiger partial charge in [0.1, 0.15) is 0 Å². The summed E-state index contributed by atoms with van der Waals surface area (Å²) >= 11 is 0. The number of hydrogen-bond acceptors (Lipinski definition) is 6. The summed E-state index contributed by atoms with van der Waals surface area (Å²) in [6, 6.07) is 3.79. The lowest BCUT2D eigenvalue weighted by molar-refractivity contribution is -0.137. The number of ether oxygens (including phenoxy) is 3. The Bertz CT molecular complexity index is 540. The topological polar surface area (TPSA) is 60.0 Å². The highest BCUT2D eigenvalue weighted by atomic mass is 16.6. The molecule has 0 bridgehead atoms. The average Bonchev–Trinajstić information content (AvgIpc) is 2.56. The molecule has 1 aliphatic heterocycles. The van der Waals surface area contributed by atoms with Gasteiger partial charge in [-0.2, -0.15) is 0 Å². The van der Waals surface area contributed by atoms with Crippen molar-refractivity contribution in [3.8, 4) is 17.2 Å². The molecule has 0 unspecified atom stereocenters. The molecule has 1 N–H and O–H groups in total. The monoisotopic (exact) mass is 322 g/mol. The van der Waals surface area contributed by atoms with Crippen LogP contribution >= 0.6 is 0 Å². The first-order valence-electron chi connectivity index (χ1n) is 7.95. The number of methoxy groups -OCH3 is 2. The van der Waals surface area contributed by atoms with Crippen molar-refractivity contribution >= 4 is 5.97 Å². The highest BCUT2D eigenvalue weighted by Crippen LogP contribution is 2.40. The summed E-state index contributed by atoms with van der Waals surface area (Å²) in [6.07, 6.45) is 0. The van der Waals surface area contributed by atoms with Gasteiger partial charge in [-0.3, -0.25) is 9.69 Å². The second kappa shape index (κ2) is 8.17. The molecule has 2 rings (SSSR count). The molecule has 1 fully saturated rings. The first-order chi connectivity index (χ1) is 11.1. The Morgan fingerprint density at radius 2 is 1.87 bits per heavy atom. The SMILES string of the molecule is COc1ccc(CN2CCNCC2)c(OC(=O)C(C)C)c1OC. The fourth-order valence-corrected chi connectivity index (χ4v) is 2.50. The molecule has 0 aromatic heterocycles. The summed E-state index contributed by atoms with van der Waals surface area (Å²) in [6.45, 7) is 8.19. The minimum absolute atomic E-state index is 0.210. The predicted molar refractivity (Wildman–Crippen MR) is 88.2 cm³/mol. The quantitative estimate of drug-likeness (QED) is 0.635. The number of hydrogen-bond donors (Lipinski definition) is 1. The fraction of sp³-hybridized carbons (Fsp3) is 0.588. The van der Waals surface area contributed by atoms with Crippen LogP contribution in [-0.2, 0) is 11.3 Å². The Morgan fingerprint density at radius 3 is 2.43 bits per heavy atom. The van der Waals surface area contributed by atoms with Crippen LogP contribution in [0, 0.1) is 5.92 Å². The van der Waals surface area contributed by atoms with Crippen molar-refractivity contribution in [3.05, 3.63) is 17.7 Å². The van der Waals surface area contributed by atoms with Crippen LogP contribution in [0.3, 0.4) is 0 Å². The van der Waals surface area contributed by atoms with Crippen LogP contribution in [0.25, 0.3) is 0 Å². The molecular weight excluding hydrogens is 296 g/mol. The molecule has 1 saturated heterocycles. The van der Waals surface area contributed by atoms with Gasteiger partial charge in [-0.15, -0.1) is 0 Å². The van der Waals surface area contributed by atoms with Gasteiger partial charge in [-0.25, -0.2) is 0 Å². The molecule has 6 heteroatoms. The van der Waals surface area contributed by atoms with Gasteiger partial charge in [-0.05, 0) is 6.07 Å². The Morgan fingerprint density at radius 1 is 1.17 bits per heavy atom. The highest BCUT2D eigenvalue weighted by molar-refractivity contribution is 5.76. The normalized spacial score (nSPS) is 15.5. The van der Waals surface area contributed by atoms with E-state index in [-0.39, 0.29) is 11.9 Å². The van der Waals surface area contributed by atoms with Crippen molar-refractivity contribution < 1.29 is 19.0 Å². The van der Waals surface area contributed by atoms with E-state index in [4.69, 9.17) is 14.2 Å². The van der Waals surface area contributed by atoms with Crippen LogP contribution in [0.5, 0.6) is 17.2 Å². The largest absolute Gasteiger partial charge is 0.493 e. The molecule has 0 saturated carbocycles. The Labute approximate surface area is 137 Å². The summed E-state index contributed by atoms with van der Waals surface area (Å²) in [7, 11) is 3.13. The van der Waals surface area contributed by atoms with Gasteiger partial charge < -0.3 is 19.5 Å². The highest BCUT2D eigenvalue weighted by Gasteiger charge is 2.22. The van der Waals surface area contributed by atoms with Crippen LogP contribution in [0.4, 0.5) is 0 Å². The number of carbonyl (C=O) groups is 1. The van der Waals surface area contributed by atoms with Crippen LogP contribution in [0.15, 0.2) is 12.1 Å². The first-order valence-corrected chi connectivity index (χ1v) is 7.95. The van der Waals surface area contributed by atoms with E-state index in [1.54, 1.807) is 14.2 Å². The average molecular weight is 322 g/mol. The molecule has 1 heterocycles. The second-order valence-corrected chi connectivity index (χ2v) is 5.89. The molecule has 128 valence electrons. The molecule has 0 amide bonds. The number of nitrogens with zero attached hydrogens (tertiary/aromatic N) is 1. The van der Waals surface area contributed by atoms with E-state index in [0.717, 1.165) is 31.7 Å². The summed E-state index contributed by atoms with van der Waals surface area (Å²) in [5.74, 6) is 0.998. The molecule has 0 aliphatic carbocycles. The minimum Gasteiger partial charge on any atom is -0.493 e. The van der Waals surface area contributed by atoms with Crippen LogP contribution in [0.2, 0.25) is 0 Å². The van der Waals surface area contributed by atoms with Gasteiger partial charge in [0, 0.05) is 38.3 Å². The maximum atomic E-state index is 12.1. The minimum atomic E-state index is -0.280. The third kappa shape index (κ3) is 4.36. The number of carbonyl (C=O) groups excluding carboxylic acids is 1. The van der Waals surface area contributed by atoms with Gasteiger partial charge in [0.05, 0.1) is 20.1 Å². The zero-order valence-electron chi connectivity index (χ0n) is 14.3. The third-order valence-corrected chi connectivity index (χ3v) is 3.86. The van der Waals surface area contributed by atoms with Gasteiger partial charge in [0.2, 0.25) is 5.75 Å². The summed E-state index contributed by atoms with van der Waals surface area (Å²) in [5, 5.41) is 3.33. The third-order valence-electron chi connectivity index (χ3n) is 3.86. The smallest absolute Gasteiger partial charge is 0.313 e. The van der Waals surface area contributed by atoms with E-state index in [9.17, 15) is 4.79 Å². The summed E-state index contributed by atoms with van der Waals surface area (Å²) < 4.78 is 16.4. The number of piperazine rings is 1. The molecule has 0 atom stereocenters. The van der Waals surface area contributed by atoms with Gasteiger partial charge in [0.15, 0.2) is 11.5 Å². The lowest BCUT2D eigenvalue weighted by Crippen LogP contribution is -2.43. The molecule has 23 heavy (non-hydrogen) atoms. The van der Waals surface area contributed by atoms with Crippen molar-refractivity contribution in [2.24, 2.45) is 5.92 Å². The maximum Gasteiger partial charge on any atom is 0.313 e. The molecule has 0 spiro atoms. The van der Waals surface area contributed by atoms with Crippen molar-refractivity contribution in [2.75, 3.05) is 40.4 Å². The zero-order valence-corrected chi connectivity index (χ0v) is 14.3. The van der Waals surface area contributed by atoms with Crippen LogP contribution < -0.4 is 19.5 Å².